The van der Waals surface area contributed by atoms with Gasteiger partial charge in [-0.1, -0.05) is 11.6 Å². The number of aromatic nitrogens is 1. The average Bonchev–Trinajstić information content (AvgIpc) is 3.10. The van der Waals surface area contributed by atoms with Crippen molar-refractivity contribution in [1.82, 2.24) is 4.98 Å². The van der Waals surface area contributed by atoms with Gasteiger partial charge in [-0.3, -0.25) is 5.41 Å². The molecular formula is C19H13ClN2O3S. The predicted molar refractivity (Wildman–Crippen MR) is 102 cm³/mol. The Kier molecular flexibility index (Phi) is 4.14. The minimum Gasteiger partial charge on any atom is -0.508 e. The van der Waals surface area contributed by atoms with Gasteiger partial charge in [0.15, 0.2) is 0 Å². The van der Waals surface area contributed by atoms with Crippen LogP contribution >= 0.6 is 22.9 Å². The van der Waals surface area contributed by atoms with Gasteiger partial charge in [-0.15, -0.1) is 11.3 Å². The Morgan fingerprint density at radius 1 is 1.15 bits per heavy atom. The molecule has 0 fully saturated rings. The van der Waals surface area contributed by atoms with Gasteiger partial charge >= 0.3 is 0 Å². The number of halogens is 1. The Bertz CT molecular complexity index is 1180. The minimum absolute atomic E-state index is 0.0120. The van der Waals surface area contributed by atoms with Crippen LogP contribution in [-0.4, -0.2) is 17.2 Å². The fraction of sp³-hybridized carbons (Fsp3) is 0.0526. The molecule has 2 aromatic heterocycles. The van der Waals surface area contributed by atoms with Crippen molar-refractivity contribution in [2.24, 2.45) is 0 Å². The summed E-state index contributed by atoms with van der Waals surface area (Å²) in [5.74, 6) is 0.772. The molecule has 0 aliphatic heterocycles. The van der Waals surface area contributed by atoms with Gasteiger partial charge < -0.3 is 14.3 Å². The molecule has 0 spiro atoms. The van der Waals surface area contributed by atoms with Crippen molar-refractivity contribution in [2.75, 3.05) is 7.11 Å². The van der Waals surface area contributed by atoms with E-state index >= 15 is 0 Å². The van der Waals surface area contributed by atoms with Gasteiger partial charge in [0.2, 0.25) is 5.55 Å². The van der Waals surface area contributed by atoms with Crippen LogP contribution in [0.15, 0.2) is 52.3 Å². The van der Waals surface area contributed by atoms with Crippen LogP contribution in [0, 0.1) is 5.41 Å². The monoisotopic (exact) mass is 384 g/mol. The molecule has 2 heterocycles. The van der Waals surface area contributed by atoms with Crippen LogP contribution in [0.5, 0.6) is 11.5 Å². The smallest absolute Gasteiger partial charge is 0.222 e. The van der Waals surface area contributed by atoms with Crippen molar-refractivity contribution in [3.63, 3.8) is 0 Å². The van der Waals surface area contributed by atoms with E-state index in [4.69, 9.17) is 26.2 Å². The number of phenols is 1. The van der Waals surface area contributed by atoms with Crippen LogP contribution in [-0.2, 0) is 0 Å². The lowest BCUT2D eigenvalue weighted by Crippen LogP contribution is -2.02. The van der Waals surface area contributed by atoms with Gasteiger partial charge in [0.05, 0.1) is 18.4 Å². The highest BCUT2D eigenvalue weighted by atomic mass is 35.5. The van der Waals surface area contributed by atoms with Crippen molar-refractivity contribution in [1.29, 1.82) is 5.41 Å². The molecule has 4 aromatic rings. The fourth-order valence-electron chi connectivity index (χ4n) is 2.68. The summed E-state index contributed by atoms with van der Waals surface area (Å²) in [5, 5.41) is 21.6. The molecule has 26 heavy (non-hydrogen) atoms. The maximum absolute atomic E-state index is 9.55. The van der Waals surface area contributed by atoms with E-state index in [1.807, 2.05) is 11.4 Å². The first-order chi connectivity index (χ1) is 12.5. The molecule has 2 N–H and O–H groups in total. The summed E-state index contributed by atoms with van der Waals surface area (Å²) in [7, 11) is 1.60. The first-order valence-corrected chi connectivity index (χ1v) is 8.92. The minimum atomic E-state index is -0.0120. The van der Waals surface area contributed by atoms with E-state index in [0.717, 1.165) is 16.6 Å². The fourth-order valence-corrected chi connectivity index (χ4v) is 3.68. The second-order valence-corrected chi connectivity index (χ2v) is 6.89. The van der Waals surface area contributed by atoms with Gasteiger partial charge in [-0.05, 0) is 36.4 Å². The van der Waals surface area contributed by atoms with Crippen LogP contribution in [0.25, 0.3) is 32.8 Å². The molecule has 0 amide bonds. The zero-order chi connectivity index (χ0) is 18.3. The molecule has 0 unspecified atom stereocenters. The summed E-state index contributed by atoms with van der Waals surface area (Å²) in [6.45, 7) is 0. The zero-order valence-electron chi connectivity index (χ0n) is 13.6. The number of benzene rings is 2. The van der Waals surface area contributed by atoms with Crippen molar-refractivity contribution in [3.05, 3.63) is 58.4 Å². The number of phenolic OH excluding ortho intramolecular Hbond substituents is 1. The molecule has 0 aliphatic carbocycles. The van der Waals surface area contributed by atoms with Crippen molar-refractivity contribution >= 4 is 33.9 Å². The van der Waals surface area contributed by atoms with Gasteiger partial charge in [-0.25, -0.2) is 4.98 Å². The van der Waals surface area contributed by atoms with E-state index < -0.39 is 0 Å². The maximum atomic E-state index is 9.55. The molecule has 0 saturated heterocycles. The maximum Gasteiger partial charge on any atom is 0.222 e. The predicted octanol–water partition coefficient (Wildman–Crippen LogP) is 5.07. The number of rotatable bonds is 3. The standard InChI is InChI=1S/C19H13ClN2O3S/c1-24-16-5-3-11(20)7-13(16)15-9-26-19(22-15)14-6-10-2-4-12(23)8-17(10)25-18(14)21/h2-9,21,23H,1H3. The Morgan fingerprint density at radius 2 is 2.00 bits per heavy atom. The van der Waals surface area contributed by atoms with Crippen molar-refractivity contribution in [3.8, 4) is 33.3 Å². The largest absolute Gasteiger partial charge is 0.508 e. The number of hydrogen-bond donors (Lipinski definition) is 2. The summed E-state index contributed by atoms with van der Waals surface area (Å²) < 4.78 is 10.9. The quantitative estimate of drug-likeness (QED) is 0.516. The summed E-state index contributed by atoms with van der Waals surface area (Å²) in [6.07, 6.45) is 0. The molecule has 2 aromatic carbocycles. The Labute approximate surface area is 157 Å². The third-order valence-electron chi connectivity index (χ3n) is 3.93. The Balaban J connectivity index is 1.83. The van der Waals surface area contributed by atoms with E-state index in [9.17, 15) is 5.11 Å². The first kappa shape index (κ1) is 16.6. The molecule has 0 aliphatic rings. The van der Waals surface area contributed by atoms with E-state index in [0.29, 0.717) is 26.9 Å². The lowest BCUT2D eigenvalue weighted by molar-refractivity contribution is 0.416. The summed E-state index contributed by atoms with van der Waals surface area (Å²) in [4.78, 5) is 4.64. The van der Waals surface area contributed by atoms with E-state index in [1.165, 1.54) is 17.4 Å². The van der Waals surface area contributed by atoms with E-state index in [-0.39, 0.29) is 11.3 Å². The van der Waals surface area contributed by atoms with Gasteiger partial charge in [0, 0.05) is 27.4 Å². The lowest BCUT2D eigenvalue weighted by Gasteiger charge is -2.06. The van der Waals surface area contributed by atoms with Crippen LogP contribution in [0.2, 0.25) is 5.02 Å². The Hall–Kier alpha value is -2.83. The highest BCUT2D eigenvalue weighted by molar-refractivity contribution is 7.13. The number of methoxy groups -OCH3 is 1. The molecule has 5 nitrogen and oxygen atoms in total. The molecule has 130 valence electrons. The summed E-state index contributed by atoms with van der Waals surface area (Å²) >= 11 is 7.51. The van der Waals surface area contributed by atoms with Crippen molar-refractivity contribution in [2.45, 2.75) is 0 Å². The van der Waals surface area contributed by atoms with E-state index in [2.05, 4.69) is 4.98 Å². The van der Waals surface area contributed by atoms with Gasteiger partial charge in [-0.2, -0.15) is 0 Å². The van der Waals surface area contributed by atoms with Crippen LogP contribution in [0.4, 0.5) is 0 Å². The lowest BCUT2D eigenvalue weighted by atomic mass is 10.1. The van der Waals surface area contributed by atoms with Crippen LogP contribution in [0.1, 0.15) is 0 Å². The zero-order valence-corrected chi connectivity index (χ0v) is 15.2. The summed E-state index contributed by atoms with van der Waals surface area (Å²) in [5.41, 5.74) is 2.53. The number of fused-ring (bicyclic) bond motifs is 1. The average molecular weight is 385 g/mol. The molecule has 7 heteroatoms. The number of hydrogen-bond acceptors (Lipinski definition) is 6. The van der Waals surface area contributed by atoms with Gasteiger partial charge in [0.25, 0.3) is 0 Å². The normalized spacial score (nSPS) is 11.0. The van der Waals surface area contributed by atoms with Crippen molar-refractivity contribution < 1.29 is 14.3 Å². The topological polar surface area (TPSA) is 79.3 Å². The number of thiazole rings is 1. The van der Waals surface area contributed by atoms with Crippen LogP contribution in [0.3, 0.4) is 0 Å². The molecule has 0 bridgehead atoms. The van der Waals surface area contributed by atoms with E-state index in [1.54, 1.807) is 37.4 Å². The molecule has 0 atom stereocenters. The third-order valence-corrected chi connectivity index (χ3v) is 5.04. The second kappa shape index (κ2) is 6.48. The van der Waals surface area contributed by atoms with Gasteiger partial charge in [0.1, 0.15) is 22.1 Å². The highest BCUT2D eigenvalue weighted by Crippen LogP contribution is 2.35. The number of nitrogens with zero attached hydrogens (tertiary/aromatic N) is 1. The molecule has 0 saturated carbocycles. The molecular weight excluding hydrogens is 372 g/mol. The van der Waals surface area contributed by atoms with Crippen LogP contribution < -0.4 is 10.3 Å². The SMILES string of the molecule is COc1ccc(Cl)cc1-c1csc(-c2cc3ccc(O)cc3oc2=N)n1. The second-order valence-electron chi connectivity index (χ2n) is 5.59. The summed E-state index contributed by atoms with van der Waals surface area (Å²) in [6, 6.07) is 12.0. The third kappa shape index (κ3) is 2.94. The number of nitrogens with one attached hydrogen (secondary N) is 1. The number of aromatic hydroxyl groups is 1. The molecule has 4 rings (SSSR count). The first-order valence-electron chi connectivity index (χ1n) is 7.66. The molecule has 0 radical (unpaired) electrons. The Morgan fingerprint density at radius 3 is 2.81 bits per heavy atom. The highest BCUT2D eigenvalue weighted by Gasteiger charge is 2.14. The number of ether oxygens (including phenoxy) is 1.